The van der Waals surface area contributed by atoms with Crippen molar-refractivity contribution in [3.8, 4) is 0 Å². The average molecular weight is 149 g/mol. The highest BCUT2D eigenvalue weighted by molar-refractivity contribution is 6.19. The van der Waals surface area contributed by atoms with Crippen molar-refractivity contribution in [2.24, 2.45) is 0 Å². The molecule has 0 bridgehead atoms. The fraction of sp³-hybridized carbons (Fsp3) is 1.00. The van der Waals surface area contributed by atoms with Crippen LogP contribution in [0.1, 0.15) is 6.92 Å². The summed E-state index contributed by atoms with van der Waals surface area (Å²) in [5, 5.41) is 0. The minimum atomic E-state index is -4.61. The van der Waals surface area contributed by atoms with Gasteiger partial charge in [-0.3, -0.25) is 4.74 Å². The van der Waals surface area contributed by atoms with E-state index in [2.05, 4.69) is 4.74 Å². The summed E-state index contributed by atoms with van der Waals surface area (Å²) in [4.78, 5) is 0. The fourth-order valence-electron chi connectivity index (χ4n) is 0.184. The van der Waals surface area contributed by atoms with Gasteiger partial charge in [-0.15, -0.1) is 13.2 Å². The maximum absolute atomic E-state index is 11.0. The molecular weight excluding hydrogens is 144 g/mol. The summed E-state index contributed by atoms with van der Waals surface area (Å²) in [6.45, 7) is 1.09. The molecule has 0 N–H and O–H groups in total. The molecule has 0 spiro atoms. The van der Waals surface area contributed by atoms with Crippen molar-refractivity contribution in [3.63, 3.8) is 0 Å². The molecule has 5 heteroatoms. The molecule has 0 amide bonds. The third-order valence-electron chi connectivity index (χ3n) is 0.296. The molecule has 0 aromatic carbocycles. The van der Waals surface area contributed by atoms with Crippen molar-refractivity contribution < 1.29 is 17.9 Å². The molecule has 0 fully saturated rings. The molecule has 50 valence electrons. The minimum absolute atomic E-state index is 1.09. The smallest absolute Gasteiger partial charge is 0.273 e. The van der Waals surface area contributed by atoms with Crippen molar-refractivity contribution >= 4 is 11.6 Å². The first kappa shape index (κ1) is 8.04. The number of rotatable bonds is 1. The van der Waals surface area contributed by atoms with Crippen LogP contribution in [0.2, 0.25) is 0 Å². The zero-order chi connectivity index (χ0) is 6.78. The molecule has 8 heavy (non-hydrogen) atoms. The first-order chi connectivity index (χ1) is 3.42. The lowest BCUT2D eigenvalue weighted by Gasteiger charge is -2.07. The Kier molecular flexibility index (Phi) is 2.56. The predicted molar refractivity (Wildman–Crippen MR) is 22.5 cm³/mol. The topological polar surface area (TPSA) is 9.23 Å². The van der Waals surface area contributed by atoms with E-state index in [1.165, 1.54) is 0 Å². The first-order valence-corrected chi connectivity index (χ1v) is 2.24. The molecule has 0 unspecified atom stereocenters. The van der Waals surface area contributed by atoms with Gasteiger partial charge in [-0.2, -0.15) is 0 Å². The highest BCUT2D eigenvalue weighted by Crippen LogP contribution is 2.19. The summed E-state index contributed by atoms with van der Waals surface area (Å²) in [7, 11) is 0. The Hall–Kier alpha value is 0.0400. The second-order valence-corrected chi connectivity index (χ2v) is 1.72. The lowest BCUT2D eigenvalue weighted by molar-refractivity contribution is -0.329. The van der Waals surface area contributed by atoms with Gasteiger partial charge in [0.05, 0.1) is 0 Å². The maximum Gasteiger partial charge on any atom is 0.523 e. The van der Waals surface area contributed by atoms with Gasteiger partial charge in [-0.05, 0) is 6.92 Å². The Morgan fingerprint density at radius 2 is 1.88 bits per heavy atom. The molecule has 0 aliphatic carbocycles. The van der Waals surface area contributed by atoms with Crippen LogP contribution < -0.4 is 0 Å². The Morgan fingerprint density at radius 3 is 1.88 bits per heavy atom. The molecule has 1 nitrogen and oxygen atoms in total. The first-order valence-electron chi connectivity index (χ1n) is 1.80. The number of ether oxygens (including phenoxy) is 1. The summed E-state index contributed by atoms with van der Waals surface area (Å²) < 4.78 is 36.2. The Morgan fingerprint density at radius 1 is 1.50 bits per heavy atom. The monoisotopic (exact) mass is 148 g/mol. The third-order valence-corrected chi connectivity index (χ3v) is 0.385. The Bertz CT molecular complexity index is 69.4. The fourth-order valence-corrected chi connectivity index (χ4v) is 0.285. The van der Waals surface area contributed by atoms with Crippen LogP contribution in [0.25, 0.3) is 0 Å². The SMILES string of the molecule is C[C@H](Cl)OC(F)(F)F. The summed E-state index contributed by atoms with van der Waals surface area (Å²) in [5.74, 6) is 0. The van der Waals surface area contributed by atoms with Crippen molar-refractivity contribution in [1.82, 2.24) is 0 Å². The molecular formula is C3H4ClF3O. The molecule has 0 rings (SSSR count). The van der Waals surface area contributed by atoms with Crippen LogP contribution >= 0.6 is 11.6 Å². The van der Waals surface area contributed by atoms with E-state index in [0.717, 1.165) is 6.92 Å². The van der Waals surface area contributed by atoms with E-state index in [4.69, 9.17) is 11.6 Å². The largest absolute Gasteiger partial charge is 0.523 e. The maximum atomic E-state index is 11.0. The molecule has 0 radical (unpaired) electrons. The molecule has 0 heterocycles. The van der Waals surface area contributed by atoms with Crippen molar-refractivity contribution in [1.29, 1.82) is 0 Å². The van der Waals surface area contributed by atoms with E-state index < -0.39 is 11.9 Å². The van der Waals surface area contributed by atoms with Crippen molar-refractivity contribution in [2.75, 3.05) is 0 Å². The van der Waals surface area contributed by atoms with Crippen LogP contribution in [-0.4, -0.2) is 11.9 Å². The normalized spacial score (nSPS) is 16.1. The van der Waals surface area contributed by atoms with Crippen molar-refractivity contribution in [3.05, 3.63) is 0 Å². The Labute approximate surface area is 49.4 Å². The number of halogens is 4. The molecule has 0 aliphatic heterocycles. The zero-order valence-corrected chi connectivity index (χ0v) is 4.75. The van der Waals surface area contributed by atoms with Crippen molar-refractivity contribution in [2.45, 2.75) is 18.8 Å². The van der Waals surface area contributed by atoms with Crippen LogP contribution in [0.3, 0.4) is 0 Å². The predicted octanol–water partition coefficient (Wildman–Crippen LogP) is 2.11. The van der Waals surface area contributed by atoms with E-state index in [0.29, 0.717) is 0 Å². The van der Waals surface area contributed by atoms with Crippen LogP contribution in [0.5, 0.6) is 0 Å². The highest BCUT2D eigenvalue weighted by atomic mass is 35.5. The van der Waals surface area contributed by atoms with E-state index in [1.54, 1.807) is 0 Å². The van der Waals surface area contributed by atoms with Gasteiger partial charge in [0.1, 0.15) is 5.56 Å². The van der Waals surface area contributed by atoms with Gasteiger partial charge in [0.15, 0.2) is 0 Å². The second kappa shape index (κ2) is 2.55. The second-order valence-electron chi connectivity index (χ2n) is 1.11. The van der Waals surface area contributed by atoms with Crippen LogP contribution in [0.4, 0.5) is 13.2 Å². The standard InChI is InChI=1S/C3H4ClF3O/c1-2(4)8-3(5,6)7/h2H,1H3/t2-/m1/s1. The van der Waals surface area contributed by atoms with Gasteiger partial charge in [0.2, 0.25) is 0 Å². The minimum Gasteiger partial charge on any atom is -0.273 e. The molecule has 0 saturated heterocycles. The van der Waals surface area contributed by atoms with Crippen LogP contribution in [-0.2, 0) is 4.74 Å². The van der Waals surface area contributed by atoms with E-state index in [9.17, 15) is 13.2 Å². The van der Waals surface area contributed by atoms with Gasteiger partial charge in [0, 0.05) is 0 Å². The van der Waals surface area contributed by atoms with Crippen LogP contribution in [0, 0.1) is 0 Å². The van der Waals surface area contributed by atoms with Gasteiger partial charge >= 0.3 is 6.36 Å². The summed E-state index contributed by atoms with van der Waals surface area (Å²) in [5.41, 5.74) is -1.31. The number of hydrogen-bond donors (Lipinski definition) is 0. The van der Waals surface area contributed by atoms with Gasteiger partial charge in [-0.1, -0.05) is 11.6 Å². The summed E-state index contributed by atoms with van der Waals surface area (Å²) in [6, 6.07) is 0. The quantitative estimate of drug-likeness (QED) is 0.518. The highest BCUT2D eigenvalue weighted by Gasteiger charge is 2.30. The molecule has 1 atom stereocenters. The summed E-state index contributed by atoms with van der Waals surface area (Å²) >= 11 is 4.82. The molecule has 0 aromatic heterocycles. The molecule has 0 saturated carbocycles. The molecule has 0 aliphatic rings. The zero-order valence-electron chi connectivity index (χ0n) is 4.00. The van der Waals surface area contributed by atoms with Crippen LogP contribution in [0.15, 0.2) is 0 Å². The average Bonchev–Trinajstić information content (AvgIpc) is 1.21. The van der Waals surface area contributed by atoms with E-state index >= 15 is 0 Å². The lowest BCUT2D eigenvalue weighted by atomic mass is 10.9. The summed E-state index contributed by atoms with van der Waals surface area (Å²) in [6.07, 6.45) is -4.61. The van der Waals surface area contributed by atoms with Gasteiger partial charge in [0.25, 0.3) is 0 Å². The van der Waals surface area contributed by atoms with E-state index in [1.807, 2.05) is 0 Å². The number of alkyl halides is 4. The van der Waals surface area contributed by atoms with Gasteiger partial charge < -0.3 is 0 Å². The molecule has 0 aromatic rings. The third kappa shape index (κ3) is 6.04. The van der Waals surface area contributed by atoms with Gasteiger partial charge in [-0.25, -0.2) is 0 Å². The van der Waals surface area contributed by atoms with E-state index in [-0.39, 0.29) is 0 Å². The number of hydrogen-bond acceptors (Lipinski definition) is 1. The lowest BCUT2D eigenvalue weighted by Crippen LogP contribution is -2.16. The Balaban J connectivity index is 3.39.